The molecule has 0 aliphatic heterocycles. The molecule has 0 aliphatic rings. The van der Waals surface area contributed by atoms with E-state index < -0.39 is 0 Å². The van der Waals surface area contributed by atoms with E-state index >= 15 is 0 Å². The predicted molar refractivity (Wildman–Crippen MR) is 78.3 cm³/mol. The fourth-order valence-corrected chi connectivity index (χ4v) is 2.48. The summed E-state index contributed by atoms with van der Waals surface area (Å²) in [5.74, 6) is 0.519. The van der Waals surface area contributed by atoms with Gasteiger partial charge >= 0.3 is 5.97 Å². The Hall–Kier alpha value is -1.07. The van der Waals surface area contributed by atoms with E-state index in [0.29, 0.717) is 13.0 Å². The number of aryl methyl sites for hydroxylation is 1. The van der Waals surface area contributed by atoms with Gasteiger partial charge in [0.25, 0.3) is 0 Å². The molecule has 2 rings (SSSR count). The molecule has 1 atom stereocenters. The molecule has 0 amide bonds. The van der Waals surface area contributed by atoms with Crippen LogP contribution in [0.15, 0.2) is 22.7 Å². The van der Waals surface area contributed by atoms with Crippen LogP contribution in [0.25, 0.3) is 11.0 Å². The Labute approximate surface area is 124 Å². The van der Waals surface area contributed by atoms with Gasteiger partial charge in [-0.3, -0.25) is 4.79 Å². The SMILES string of the molecule is COC(=O)CCn1c(C(C)Cl)nc2cc(Br)ccc21. The number of alkyl halides is 1. The number of imidazole rings is 1. The molecule has 0 radical (unpaired) electrons. The zero-order valence-corrected chi connectivity index (χ0v) is 13.0. The number of hydrogen-bond acceptors (Lipinski definition) is 3. The summed E-state index contributed by atoms with van der Waals surface area (Å²) < 4.78 is 7.60. The van der Waals surface area contributed by atoms with E-state index in [0.717, 1.165) is 21.3 Å². The Morgan fingerprint density at radius 1 is 1.58 bits per heavy atom. The van der Waals surface area contributed by atoms with Gasteiger partial charge in [0.2, 0.25) is 0 Å². The second-order valence-electron chi connectivity index (χ2n) is 4.20. The molecule has 0 fully saturated rings. The second kappa shape index (κ2) is 5.92. The molecule has 0 spiro atoms. The first kappa shape index (κ1) is 14.3. The summed E-state index contributed by atoms with van der Waals surface area (Å²) in [4.78, 5) is 15.8. The van der Waals surface area contributed by atoms with Crippen molar-refractivity contribution in [3.8, 4) is 0 Å². The molecule has 1 heterocycles. The third-order valence-electron chi connectivity index (χ3n) is 2.86. The monoisotopic (exact) mass is 344 g/mol. The van der Waals surface area contributed by atoms with Crippen LogP contribution in [0.3, 0.4) is 0 Å². The first-order chi connectivity index (χ1) is 9.02. The minimum atomic E-state index is -0.243. The molecule has 0 saturated carbocycles. The summed E-state index contributed by atoms with van der Waals surface area (Å²) in [7, 11) is 1.39. The van der Waals surface area contributed by atoms with E-state index in [9.17, 15) is 4.79 Å². The molecule has 0 N–H and O–H groups in total. The fraction of sp³-hybridized carbons (Fsp3) is 0.385. The van der Waals surface area contributed by atoms with Crippen molar-refractivity contribution in [3.63, 3.8) is 0 Å². The molecule has 2 aromatic rings. The molecule has 0 bridgehead atoms. The largest absolute Gasteiger partial charge is 0.469 e. The van der Waals surface area contributed by atoms with Crippen LogP contribution in [0.5, 0.6) is 0 Å². The Balaban J connectivity index is 2.43. The minimum Gasteiger partial charge on any atom is -0.469 e. The van der Waals surface area contributed by atoms with Gasteiger partial charge in [-0.2, -0.15) is 0 Å². The zero-order valence-electron chi connectivity index (χ0n) is 10.7. The van der Waals surface area contributed by atoms with Gasteiger partial charge in [-0.15, -0.1) is 11.6 Å². The highest BCUT2D eigenvalue weighted by Crippen LogP contribution is 2.26. The van der Waals surface area contributed by atoms with Crippen LogP contribution in [0.4, 0.5) is 0 Å². The molecule has 1 aromatic heterocycles. The van der Waals surface area contributed by atoms with Gasteiger partial charge in [-0.1, -0.05) is 15.9 Å². The van der Waals surface area contributed by atoms with Gasteiger partial charge in [-0.25, -0.2) is 4.98 Å². The highest BCUT2D eigenvalue weighted by atomic mass is 79.9. The lowest BCUT2D eigenvalue weighted by molar-refractivity contribution is -0.140. The van der Waals surface area contributed by atoms with Gasteiger partial charge in [0.05, 0.1) is 29.9 Å². The number of aromatic nitrogens is 2. The standard InChI is InChI=1S/C13H14BrClN2O2/c1-8(15)13-16-10-7-9(14)3-4-11(10)17(13)6-5-12(18)19-2/h3-4,7-8H,5-6H2,1-2H3. The molecule has 1 aromatic carbocycles. The Bertz CT molecular complexity index is 610. The lowest BCUT2D eigenvalue weighted by Crippen LogP contribution is -2.10. The molecule has 0 saturated heterocycles. The number of fused-ring (bicyclic) bond motifs is 1. The highest BCUT2D eigenvalue weighted by Gasteiger charge is 2.16. The molecule has 4 nitrogen and oxygen atoms in total. The fourth-order valence-electron chi connectivity index (χ4n) is 1.97. The normalized spacial score (nSPS) is 12.6. The van der Waals surface area contributed by atoms with Crippen LogP contribution >= 0.6 is 27.5 Å². The van der Waals surface area contributed by atoms with E-state index in [-0.39, 0.29) is 11.3 Å². The summed E-state index contributed by atoms with van der Waals surface area (Å²) >= 11 is 9.58. The van der Waals surface area contributed by atoms with Crippen LogP contribution in [-0.4, -0.2) is 22.6 Å². The maximum atomic E-state index is 11.3. The number of methoxy groups -OCH3 is 1. The number of carbonyl (C=O) groups is 1. The summed E-state index contributed by atoms with van der Waals surface area (Å²) in [6, 6.07) is 5.85. The van der Waals surface area contributed by atoms with Gasteiger partial charge < -0.3 is 9.30 Å². The van der Waals surface area contributed by atoms with Crippen LogP contribution in [0, 0.1) is 0 Å². The van der Waals surface area contributed by atoms with Crippen molar-refractivity contribution in [3.05, 3.63) is 28.5 Å². The number of nitrogens with zero attached hydrogens (tertiary/aromatic N) is 2. The average molecular weight is 346 g/mol. The predicted octanol–water partition coefficient (Wildman–Crippen LogP) is 3.66. The maximum Gasteiger partial charge on any atom is 0.307 e. The average Bonchev–Trinajstić information content (AvgIpc) is 2.73. The van der Waals surface area contributed by atoms with Crippen molar-refractivity contribution < 1.29 is 9.53 Å². The number of rotatable bonds is 4. The first-order valence-electron chi connectivity index (χ1n) is 5.89. The lowest BCUT2D eigenvalue weighted by Gasteiger charge is -2.09. The summed E-state index contributed by atoms with van der Waals surface area (Å²) in [6.45, 7) is 2.38. The lowest BCUT2D eigenvalue weighted by atomic mass is 10.3. The quantitative estimate of drug-likeness (QED) is 0.627. The third kappa shape index (κ3) is 3.09. The maximum absolute atomic E-state index is 11.3. The number of benzene rings is 1. The van der Waals surface area contributed by atoms with E-state index in [1.54, 1.807) is 0 Å². The minimum absolute atomic E-state index is 0.219. The smallest absolute Gasteiger partial charge is 0.307 e. The third-order valence-corrected chi connectivity index (χ3v) is 3.55. The molecule has 19 heavy (non-hydrogen) atoms. The Morgan fingerprint density at radius 3 is 2.95 bits per heavy atom. The van der Waals surface area contributed by atoms with Gasteiger partial charge in [0.1, 0.15) is 5.82 Å². The number of carbonyl (C=O) groups excluding carboxylic acids is 1. The number of ether oxygens (including phenoxy) is 1. The molecular weight excluding hydrogens is 332 g/mol. The van der Waals surface area contributed by atoms with Crippen LogP contribution in [0.1, 0.15) is 24.5 Å². The van der Waals surface area contributed by atoms with Gasteiger partial charge in [0.15, 0.2) is 0 Å². The topological polar surface area (TPSA) is 44.1 Å². The molecule has 6 heteroatoms. The van der Waals surface area contributed by atoms with Crippen molar-refractivity contribution in [2.75, 3.05) is 7.11 Å². The second-order valence-corrected chi connectivity index (χ2v) is 5.77. The summed E-state index contributed by atoms with van der Waals surface area (Å²) in [6.07, 6.45) is 0.300. The van der Waals surface area contributed by atoms with E-state index in [4.69, 9.17) is 11.6 Å². The number of halogens is 2. The Morgan fingerprint density at radius 2 is 2.32 bits per heavy atom. The van der Waals surface area contributed by atoms with Crippen molar-refractivity contribution in [2.24, 2.45) is 0 Å². The number of esters is 1. The number of hydrogen-bond donors (Lipinski definition) is 0. The molecule has 0 aliphatic carbocycles. The van der Waals surface area contributed by atoms with Crippen LogP contribution in [0.2, 0.25) is 0 Å². The summed E-state index contributed by atoms with van der Waals surface area (Å²) in [5.41, 5.74) is 1.83. The molecular formula is C13H14BrClN2O2. The van der Waals surface area contributed by atoms with Crippen molar-refractivity contribution in [1.29, 1.82) is 0 Å². The Kier molecular flexibility index (Phi) is 4.47. The molecule has 1 unspecified atom stereocenters. The summed E-state index contributed by atoms with van der Waals surface area (Å²) in [5, 5.41) is -0.219. The first-order valence-corrected chi connectivity index (χ1v) is 7.12. The van der Waals surface area contributed by atoms with E-state index in [1.807, 2.05) is 29.7 Å². The highest BCUT2D eigenvalue weighted by molar-refractivity contribution is 9.10. The van der Waals surface area contributed by atoms with Crippen molar-refractivity contribution in [2.45, 2.75) is 25.3 Å². The van der Waals surface area contributed by atoms with Crippen molar-refractivity contribution in [1.82, 2.24) is 9.55 Å². The van der Waals surface area contributed by atoms with Crippen molar-refractivity contribution >= 4 is 44.5 Å². The van der Waals surface area contributed by atoms with Crippen LogP contribution < -0.4 is 0 Å². The van der Waals surface area contributed by atoms with E-state index in [2.05, 4.69) is 25.7 Å². The van der Waals surface area contributed by atoms with Gasteiger partial charge in [0, 0.05) is 11.0 Å². The van der Waals surface area contributed by atoms with Gasteiger partial charge in [-0.05, 0) is 25.1 Å². The zero-order chi connectivity index (χ0) is 14.0. The van der Waals surface area contributed by atoms with E-state index in [1.165, 1.54) is 7.11 Å². The molecule has 102 valence electrons. The van der Waals surface area contributed by atoms with Crippen LogP contribution in [-0.2, 0) is 16.1 Å².